The SMILES string of the molecule is O=C1CC(NCc2ccc3c(c2)OCO3)C(=O)N1c1ccc(Cl)c(Cl)c1. The number of rotatable bonds is 4. The molecule has 1 saturated heterocycles. The van der Waals surface area contributed by atoms with Gasteiger partial charge in [-0.25, -0.2) is 4.90 Å². The van der Waals surface area contributed by atoms with E-state index in [1.807, 2.05) is 18.2 Å². The van der Waals surface area contributed by atoms with E-state index >= 15 is 0 Å². The van der Waals surface area contributed by atoms with E-state index in [0.717, 1.165) is 10.5 Å². The van der Waals surface area contributed by atoms with Gasteiger partial charge in [0.2, 0.25) is 12.7 Å². The zero-order valence-electron chi connectivity index (χ0n) is 13.5. The Hall–Kier alpha value is -2.28. The first kappa shape index (κ1) is 17.1. The van der Waals surface area contributed by atoms with Gasteiger partial charge in [0.15, 0.2) is 11.5 Å². The van der Waals surface area contributed by atoms with Crippen LogP contribution < -0.4 is 19.7 Å². The van der Waals surface area contributed by atoms with Crippen molar-refractivity contribution < 1.29 is 19.1 Å². The van der Waals surface area contributed by atoms with Crippen molar-refractivity contribution in [2.24, 2.45) is 0 Å². The van der Waals surface area contributed by atoms with Crippen LogP contribution >= 0.6 is 23.2 Å². The van der Waals surface area contributed by atoms with E-state index in [-0.39, 0.29) is 25.0 Å². The van der Waals surface area contributed by atoms with Gasteiger partial charge in [0, 0.05) is 6.54 Å². The summed E-state index contributed by atoms with van der Waals surface area (Å²) in [5.74, 6) is 0.785. The quantitative estimate of drug-likeness (QED) is 0.809. The van der Waals surface area contributed by atoms with Gasteiger partial charge in [0.1, 0.15) is 0 Å². The minimum Gasteiger partial charge on any atom is -0.454 e. The molecule has 0 saturated carbocycles. The molecule has 0 aliphatic carbocycles. The minimum absolute atomic E-state index is 0.0869. The zero-order chi connectivity index (χ0) is 18.3. The van der Waals surface area contributed by atoms with Crippen molar-refractivity contribution in [3.8, 4) is 11.5 Å². The lowest BCUT2D eigenvalue weighted by Crippen LogP contribution is -2.38. The van der Waals surface area contributed by atoms with Crippen LogP contribution in [0.1, 0.15) is 12.0 Å². The molecule has 2 heterocycles. The van der Waals surface area contributed by atoms with Crippen LogP contribution in [0, 0.1) is 0 Å². The van der Waals surface area contributed by atoms with Crippen molar-refractivity contribution in [2.45, 2.75) is 19.0 Å². The molecule has 26 heavy (non-hydrogen) atoms. The molecule has 2 aliphatic heterocycles. The molecule has 8 heteroatoms. The first-order valence-corrected chi connectivity index (χ1v) is 8.72. The van der Waals surface area contributed by atoms with Gasteiger partial charge in [-0.1, -0.05) is 29.3 Å². The third kappa shape index (κ3) is 3.11. The minimum atomic E-state index is -0.595. The highest BCUT2D eigenvalue weighted by molar-refractivity contribution is 6.42. The molecule has 0 aromatic heterocycles. The van der Waals surface area contributed by atoms with Crippen molar-refractivity contribution in [3.63, 3.8) is 0 Å². The Morgan fingerprint density at radius 2 is 1.85 bits per heavy atom. The largest absolute Gasteiger partial charge is 0.454 e. The number of benzene rings is 2. The van der Waals surface area contributed by atoms with Crippen LogP contribution in [0.25, 0.3) is 0 Å². The fraction of sp³-hybridized carbons (Fsp3) is 0.222. The Labute approximate surface area is 159 Å². The van der Waals surface area contributed by atoms with Gasteiger partial charge < -0.3 is 14.8 Å². The summed E-state index contributed by atoms with van der Waals surface area (Å²) in [6, 6.07) is 9.65. The van der Waals surface area contributed by atoms with E-state index in [4.69, 9.17) is 32.7 Å². The second-order valence-electron chi connectivity index (χ2n) is 5.99. The lowest BCUT2D eigenvalue weighted by atomic mass is 10.1. The molecule has 0 bridgehead atoms. The first-order valence-electron chi connectivity index (χ1n) is 7.96. The van der Waals surface area contributed by atoms with Crippen molar-refractivity contribution in [1.82, 2.24) is 5.32 Å². The third-order valence-corrected chi connectivity index (χ3v) is 5.04. The molecule has 0 spiro atoms. The molecule has 1 fully saturated rings. The number of halogens is 2. The Kier molecular flexibility index (Phi) is 4.48. The number of nitrogens with one attached hydrogen (secondary N) is 1. The van der Waals surface area contributed by atoms with Crippen molar-refractivity contribution in [1.29, 1.82) is 0 Å². The second-order valence-corrected chi connectivity index (χ2v) is 6.81. The number of anilines is 1. The predicted octanol–water partition coefficient (Wildman–Crippen LogP) is 3.14. The summed E-state index contributed by atoms with van der Waals surface area (Å²) < 4.78 is 10.6. The number of hydrogen-bond donors (Lipinski definition) is 1. The highest BCUT2D eigenvalue weighted by Crippen LogP contribution is 2.33. The number of carbonyl (C=O) groups is 2. The van der Waals surface area contributed by atoms with Crippen molar-refractivity contribution in [3.05, 3.63) is 52.0 Å². The van der Waals surface area contributed by atoms with E-state index in [2.05, 4.69) is 5.32 Å². The normalized spacial score (nSPS) is 18.7. The average Bonchev–Trinajstić information content (AvgIpc) is 3.19. The van der Waals surface area contributed by atoms with Gasteiger partial charge in [-0.2, -0.15) is 0 Å². The van der Waals surface area contributed by atoms with E-state index in [0.29, 0.717) is 33.8 Å². The highest BCUT2D eigenvalue weighted by Gasteiger charge is 2.39. The smallest absolute Gasteiger partial charge is 0.251 e. The maximum absolute atomic E-state index is 12.6. The molecule has 0 radical (unpaired) electrons. The van der Waals surface area contributed by atoms with Crippen LogP contribution in [0.5, 0.6) is 11.5 Å². The van der Waals surface area contributed by atoms with Crippen LogP contribution in [0.2, 0.25) is 10.0 Å². The van der Waals surface area contributed by atoms with Crippen LogP contribution in [-0.4, -0.2) is 24.6 Å². The number of hydrogen-bond acceptors (Lipinski definition) is 5. The number of nitrogens with zero attached hydrogens (tertiary/aromatic N) is 1. The van der Waals surface area contributed by atoms with E-state index in [1.54, 1.807) is 12.1 Å². The standard InChI is InChI=1S/C18H14Cl2N2O4/c19-12-3-2-11(6-13(12)20)22-17(23)7-14(18(22)24)21-8-10-1-4-15-16(5-10)26-9-25-15/h1-6,14,21H,7-9H2. The second kappa shape index (κ2) is 6.79. The molecular formula is C18H14Cl2N2O4. The molecule has 1 N–H and O–H groups in total. The number of ether oxygens (including phenoxy) is 2. The Morgan fingerprint density at radius 3 is 2.65 bits per heavy atom. The fourth-order valence-corrected chi connectivity index (χ4v) is 3.27. The Morgan fingerprint density at radius 1 is 1.04 bits per heavy atom. The van der Waals surface area contributed by atoms with Gasteiger partial charge in [-0.15, -0.1) is 0 Å². The summed E-state index contributed by atoms with van der Waals surface area (Å²) in [6.07, 6.45) is 0.0869. The highest BCUT2D eigenvalue weighted by atomic mass is 35.5. The number of fused-ring (bicyclic) bond motifs is 1. The lowest BCUT2D eigenvalue weighted by Gasteiger charge is -2.16. The first-order chi connectivity index (χ1) is 12.5. The summed E-state index contributed by atoms with van der Waals surface area (Å²) in [6.45, 7) is 0.635. The molecule has 6 nitrogen and oxygen atoms in total. The topological polar surface area (TPSA) is 67.9 Å². The summed E-state index contributed by atoms with van der Waals surface area (Å²) in [4.78, 5) is 26.1. The van der Waals surface area contributed by atoms with E-state index < -0.39 is 6.04 Å². The number of imide groups is 1. The molecule has 134 valence electrons. The lowest BCUT2D eigenvalue weighted by molar-refractivity contribution is -0.121. The summed E-state index contributed by atoms with van der Waals surface area (Å²) in [5.41, 5.74) is 1.35. The van der Waals surface area contributed by atoms with Gasteiger partial charge in [0.25, 0.3) is 5.91 Å². The van der Waals surface area contributed by atoms with Gasteiger partial charge in [0.05, 0.1) is 28.2 Å². The third-order valence-electron chi connectivity index (χ3n) is 4.30. The molecule has 2 aromatic rings. The Balaban J connectivity index is 1.46. The van der Waals surface area contributed by atoms with Gasteiger partial charge in [-0.05, 0) is 35.9 Å². The summed E-state index contributed by atoms with van der Waals surface area (Å²) >= 11 is 11.9. The summed E-state index contributed by atoms with van der Waals surface area (Å²) in [5, 5.41) is 3.79. The average molecular weight is 393 g/mol. The van der Waals surface area contributed by atoms with Crippen molar-refractivity contribution >= 4 is 40.7 Å². The van der Waals surface area contributed by atoms with Crippen LogP contribution in [-0.2, 0) is 16.1 Å². The van der Waals surface area contributed by atoms with Gasteiger partial charge >= 0.3 is 0 Å². The van der Waals surface area contributed by atoms with Crippen molar-refractivity contribution in [2.75, 3.05) is 11.7 Å². The van der Waals surface area contributed by atoms with E-state index in [9.17, 15) is 9.59 Å². The maximum atomic E-state index is 12.6. The number of amides is 2. The fourth-order valence-electron chi connectivity index (χ4n) is 2.98. The molecular weight excluding hydrogens is 379 g/mol. The van der Waals surface area contributed by atoms with E-state index in [1.165, 1.54) is 6.07 Å². The molecule has 4 rings (SSSR count). The molecule has 1 unspecified atom stereocenters. The monoisotopic (exact) mass is 392 g/mol. The van der Waals surface area contributed by atoms with Crippen LogP contribution in [0.15, 0.2) is 36.4 Å². The summed E-state index contributed by atoms with van der Waals surface area (Å²) in [7, 11) is 0. The molecule has 1 atom stereocenters. The predicted molar refractivity (Wildman–Crippen MR) is 96.8 cm³/mol. The molecule has 2 amide bonds. The van der Waals surface area contributed by atoms with Crippen LogP contribution in [0.3, 0.4) is 0 Å². The molecule has 2 aliphatic rings. The zero-order valence-corrected chi connectivity index (χ0v) is 15.0. The van der Waals surface area contributed by atoms with Crippen LogP contribution in [0.4, 0.5) is 5.69 Å². The molecule has 2 aromatic carbocycles. The number of carbonyl (C=O) groups excluding carboxylic acids is 2. The maximum Gasteiger partial charge on any atom is 0.251 e. The Bertz CT molecular complexity index is 903. The van der Waals surface area contributed by atoms with Gasteiger partial charge in [-0.3, -0.25) is 9.59 Å².